The fourth-order valence-electron chi connectivity index (χ4n) is 5.08. The minimum Gasteiger partial charge on any atom is -0.345 e. The van der Waals surface area contributed by atoms with Crippen molar-refractivity contribution in [1.29, 1.82) is 0 Å². The number of benzene rings is 2. The monoisotopic (exact) mass is 561 g/mol. The Bertz CT molecular complexity index is 1480. The zero-order valence-electron chi connectivity index (χ0n) is 23.7. The smallest absolute Gasteiger partial charge is 0.275 e. The van der Waals surface area contributed by atoms with E-state index in [1.54, 1.807) is 58.4 Å². The van der Waals surface area contributed by atoms with E-state index in [-0.39, 0.29) is 28.9 Å². The van der Waals surface area contributed by atoms with Crippen molar-refractivity contribution in [3.8, 4) is 11.3 Å². The molecule has 0 radical (unpaired) electrons. The second-order valence-corrected chi connectivity index (χ2v) is 10.5. The molecule has 3 atom stereocenters. The molecule has 0 bridgehead atoms. The molecule has 0 saturated carbocycles. The maximum atomic E-state index is 14.2. The lowest BCUT2D eigenvalue weighted by molar-refractivity contribution is -0.117. The Labute approximate surface area is 238 Å². The maximum Gasteiger partial charge on any atom is 0.275 e. The Morgan fingerprint density at radius 2 is 1.78 bits per heavy atom. The van der Waals surface area contributed by atoms with Crippen molar-refractivity contribution in [3.05, 3.63) is 88.0 Å². The largest absolute Gasteiger partial charge is 0.345 e. The van der Waals surface area contributed by atoms with Gasteiger partial charge in [0.15, 0.2) is 5.78 Å². The summed E-state index contributed by atoms with van der Waals surface area (Å²) in [4.78, 5) is 55.4. The molecule has 0 spiro atoms. The Hall–Kier alpha value is -4.15. The highest BCUT2D eigenvalue weighted by molar-refractivity contribution is 6.00. The van der Waals surface area contributed by atoms with Crippen LogP contribution in [0.15, 0.2) is 65.5 Å². The number of carbonyl (C=O) groups excluding carboxylic acids is 3. The zero-order chi connectivity index (χ0) is 29.7. The van der Waals surface area contributed by atoms with Gasteiger partial charge in [-0.2, -0.15) is 0 Å². The highest BCUT2D eigenvalue weighted by Crippen LogP contribution is 2.33. The van der Waals surface area contributed by atoms with Crippen LogP contribution in [-0.2, 0) is 4.79 Å². The first-order chi connectivity index (χ1) is 19.6. The molecule has 3 N–H and O–H groups in total. The highest BCUT2D eigenvalue weighted by Gasteiger charge is 2.35. The molecule has 1 aromatic heterocycles. The van der Waals surface area contributed by atoms with E-state index in [0.717, 1.165) is 13.0 Å². The number of hydrogen-bond donors (Lipinski definition) is 3. The summed E-state index contributed by atoms with van der Waals surface area (Å²) in [6.45, 7) is 2.96. The van der Waals surface area contributed by atoms with Crippen LogP contribution in [0.2, 0.25) is 0 Å². The molecular formula is C31H36FN5O4. The number of amides is 2. The predicted octanol–water partition coefficient (Wildman–Crippen LogP) is 3.33. The van der Waals surface area contributed by atoms with Gasteiger partial charge in [-0.1, -0.05) is 12.1 Å². The summed E-state index contributed by atoms with van der Waals surface area (Å²) in [6, 6.07) is 13.8. The molecule has 9 nitrogen and oxygen atoms in total. The van der Waals surface area contributed by atoms with Crippen LogP contribution in [0.5, 0.6) is 0 Å². The van der Waals surface area contributed by atoms with E-state index in [2.05, 4.69) is 16.0 Å². The zero-order valence-corrected chi connectivity index (χ0v) is 23.7. The van der Waals surface area contributed by atoms with Crippen molar-refractivity contribution < 1.29 is 18.8 Å². The van der Waals surface area contributed by atoms with E-state index < -0.39 is 29.4 Å². The van der Waals surface area contributed by atoms with Gasteiger partial charge in [0.1, 0.15) is 17.5 Å². The molecule has 1 saturated heterocycles. The van der Waals surface area contributed by atoms with Crippen molar-refractivity contribution in [1.82, 2.24) is 20.1 Å². The second kappa shape index (κ2) is 13.0. The van der Waals surface area contributed by atoms with Crippen LogP contribution in [0, 0.1) is 11.7 Å². The van der Waals surface area contributed by atoms with Crippen molar-refractivity contribution >= 4 is 23.3 Å². The molecule has 4 rings (SSSR count). The number of rotatable bonds is 9. The van der Waals surface area contributed by atoms with Gasteiger partial charge >= 0.3 is 0 Å². The number of hydrogen-bond acceptors (Lipinski definition) is 6. The van der Waals surface area contributed by atoms with Gasteiger partial charge in [-0.15, -0.1) is 0 Å². The molecule has 0 aliphatic carbocycles. The van der Waals surface area contributed by atoms with E-state index in [9.17, 15) is 23.6 Å². The van der Waals surface area contributed by atoms with Crippen LogP contribution in [0.25, 0.3) is 11.3 Å². The van der Waals surface area contributed by atoms with Gasteiger partial charge in [0.2, 0.25) is 5.91 Å². The summed E-state index contributed by atoms with van der Waals surface area (Å²) >= 11 is 0. The predicted molar refractivity (Wildman–Crippen MR) is 157 cm³/mol. The first-order valence-corrected chi connectivity index (χ1v) is 13.7. The van der Waals surface area contributed by atoms with Crippen molar-refractivity contribution in [2.75, 3.05) is 39.5 Å². The maximum absolute atomic E-state index is 14.2. The van der Waals surface area contributed by atoms with Gasteiger partial charge in [-0.05, 0) is 93.4 Å². The molecule has 3 unspecified atom stereocenters. The molecule has 41 heavy (non-hydrogen) atoms. The first kappa shape index (κ1) is 29.8. The van der Waals surface area contributed by atoms with Crippen LogP contribution in [0.1, 0.15) is 46.5 Å². The Morgan fingerprint density at radius 3 is 2.41 bits per heavy atom. The normalized spacial score (nSPS) is 16.5. The van der Waals surface area contributed by atoms with Crippen molar-refractivity contribution in [3.63, 3.8) is 0 Å². The number of anilines is 1. The lowest BCUT2D eigenvalue weighted by Crippen LogP contribution is -2.43. The number of halogens is 1. The number of nitrogens with zero attached hydrogens (tertiary/aromatic N) is 2. The highest BCUT2D eigenvalue weighted by atomic mass is 19.1. The molecule has 3 aromatic rings. The van der Waals surface area contributed by atoms with Crippen LogP contribution >= 0.6 is 0 Å². The number of aromatic nitrogens is 1. The van der Waals surface area contributed by atoms with E-state index in [1.807, 2.05) is 0 Å². The number of nitrogens with one attached hydrogen (secondary N) is 3. The van der Waals surface area contributed by atoms with Gasteiger partial charge in [0.05, 0.1) is 11.7 Å². The Kier molecular flexibility index (Phi) is 9.46. The van der Waals surface area contributed by atoms with Crippen LogP contribution in [0.4, 0.5) is 10.1 Å². The number of likely N-dealkylation sites (N-methyl/N-ethyl adjacent to an activating group) is 1. The van der Waals surface area contributed by atoms with Crippen LogP contribution < -0.4 is 21.5 Å². The molecule has 2 aromatic carbocycles. The van der Waals surface area contributed by atoms with Crippen LogP contribution in [0.3, 0.4) is 0 Å². The van der Waals surface area contributed by atoms with Gasteiger partial charge in [-0.25, -0.2) is 4.39 Å². The summed E-state index contributed by atoms with van der Waals surface area (Å²) in [5, 5.41) is 8.88. The summed E-state index contributed by atoms with van der Waals surface area (Å²) < 4.78 is 15.2. The van der Waals surface area contributed by atoms with E-state index in [4.69, 9.17) is 0 Å². The average Bonchev–Trinajstić information content (AvgIpc) is 2.99. The lowest BCUT2D eigenvalue weighted by Gasteiger charge is -2.33. The second-order valence-electron chi connectivity index (χ2n) is 10.5. The van der Waals surface area contributed by atoms with Gasteiger partial charge in [-0.3, -0.25) is 23.7 Å². The number of pyridine rings is 1. The SMILES string of the molecule is CNC(C)C(=O)Nc1ccc(-c2cccc(C(=O)N(C)C)c2)n(C(C(=O)c2ccc(F)cc2)C2CCCNC2)c1=O. The molecule has 2 amide bonds. The number of Topliss-reactive ketones (excluding diaryl/α,β-unsaturated/α-hetero) is 1. The number of carbonyl (C=O) groups is 3. The fourth-order valence-corrected chi connectivity index (χ4v) is 5.08. The van der Waals surface area contributed by atoms with Crippen molar-refractivity contribution in [2.45, 2.75) is 31.8 Å². The molecule has 2 heterocycles. The van der Waals surface area contributed by atoms with Gasteiger partial charge in [0.25, 0.3) is 11.5 Å². The van der Waals surface area contributed by atoms with Gasteiger partial charge in [0, 0.05) is 31.8 Å². The molecule has 1 fully saturated rings. The minimum absolute atomic E-state index is 0.0297. The third-order valence-corrected chi connectivity index (χ3v) is 7.47. The minimum atomic E-state index is -0.956. The third-order valence-electron chi connectivity index (χ3n) is 7.47. The summed E-state index contributed by atoms with van der Waals surface area (Å²) in [5.41, 5.74) is 1.17. The number of ketones is 1. The molecule has 1 aliphatic rings. The molecular weight excluding hydrogens is 525 g/mol. The van der Waals surface area contributed by atoms with Crippen molar-refractivity contribution in [2.24, 2.45) is 5.92 Å². The summed E-state index contributed by atoms with van der Waals surface area (Å²) in [5.74, 6) is -1.67. The molecule has 216 valence electrons. The first-order valence-electron chi connectivity index (χ1n) is 13.7. The molecule has 1 aliphatic heterocycles. The van der Waals surface area contributed by atoms with E-state index in [1.165, 1.54) is 39.8 Å². The van der Waals surface area contributed by atoms with E-state index >= 15 is 0 Å². The number of piperidine rings is 1. The average molecular weight is 562 g/mol. The Morgan fingerprint density at radius 1 is 1.05 bits per heavy atom. The molecule has 10 heteroatoms. The van der Waals surface area contributed by atoms with Crippen LogP contribution in [-0.4, -0.2) is 67.3 Å². The van der Waals surface area contributed by atoms with E-state index in [0.29, 0.717) is 29.8 Å². The topological polar surface area (TPSA) is 113 Å². The Balaban J connectivity index is 1.95. The fraction of sp³-hybridized carbons (Fsp3) is 0.355. The summed E-state index contributed by atoms with van der Waals surface area (Å²) in [6.07, 6.45) is 1.49. The third kappa shape index (κ3) is 6.61. The van der Waals surface area contributed by atoms with Gasteiger partial charge < -0.3 is 20.9 Å². The standard InChI is InChI=1S/C31H36FN5O4/c1-19(33-2)29(39)35-25-14-15-26(21-7-5-8-22(17-21)30(40)36(3)4)37(31(25)41)27(23-9-6-16-34-18-23)28(38)20-10-12-24(32)13-11-20/h5,7-8,10-15,17,19,23,27,33-34H,6,9,16,18H2,1-4H3,(H,35,39). The lowest BCUT2D eigenvalue weighted by atomic mass is 9.86. The summed E-state index contributed by atoms with van der Waals surface area (Å²) in [7, 11) is 4.95. The quantitative estimate of drug-likeness (QED) is 0.346.